The van der Waals surface area contributed by atoms with E-state index in [4.69, 9.17) is 0 Å². The van der Waals surface area contributed by atoms with Gasteiger partial charge in [0.2, 0.25) is 11.8 Å². The molecule has 0 saturated carbocycles. The average molecular weight is 386 g/mol. The highest BCUT2D eigenvalue weighted by atomic mass is 16.2. The van der Waals surface area contributed by atoms with E-state index in [-0.39, 0.29) is 6.54 Å². The van der Waals surface area contributed by atoms with E-state index in [9.17, 15) is 14.4 Å². The maximum absolute atomic E-state index is 12.4. The minimum Gasteiger partial charge on any atom is -0.282 e. The quantitative estimate of drug-likeness (QED) is 0.529. The zero-order valence-corrected chi connectivity index (χ0v) is 17.3. The van der Waals surface area contributed by atoms with Crippen LogP contribution in [0.25, 0.3) is 0 Å². The number of nitrogens with zero attached hydrogens (tertiary/aromatic N) is 2. The number of aromatic nitrogens is 1. The van der Waals surface area contributed by atoms with Crippen molar-refractivity contribution >= 4 is 23.5 Å². The summed E-state index contributed by atoms with van der Waals surface area (Å²) in [6, 6.07) is 3.73. The van der Waals surface area contributed by atoms with E-state index < -0.39 is 23.1 Å². The second kappa shape index (κ2) is 10.4. The fourth-order valence-electron chi connectivity index (χ4n) is 2.41. The Labute approximate surface area is 166 Å². The van der Waals surface area contributed by atoms with Gasteiger partial charge in [-0.1, -0.05) is 51.1 Å². The number of rotatable bonds is 8. The molecule has 28 heavy (non-hydrogen) atoms. The zero-order chi connectivity index (χ0) is 21.3. The first kappa shape index (κ1) is 23.1. The van der Waals surface area contributed by atoms with Crippen LogP contribution in [0.3, 0.4) is 0 Å². The summed E-state index contributed by atoms with van der Waals surface area (Å²) in [5, 5.41) is 0. The number of hydrazine groups is 1. The first-order chi connectivity index (χ1) is 13.1. The lowest BCUT2D eigenvalue weighted by Gasteiger charge is -2.26. The molecule has 0 unspecified atom stereocenters. The summed E-state index contributed by atoms with van der Waals surface area (Å²) in [6.45, 7) is 11.9. The third-order valence-corrected chi connectivity index (χ3v) is 3.90. The smallest absolute Gasteiger partial charge is 0.258 e. The standard InChI is InChI=1S/C21H30N4O3/c1-7-9-15(2)11-12-17-10-8-13-22-19(17)24-23-18(27)14-25(16(3)26)20(28)21(4,5)6/h7-10,13H,2,11-12,14H2,1,3-6H3,(H,22,24)(H,23,27)/b9-7-. The van der Waals surface area contributed by atoms with Crippen molar-refractivity contribution in [3.05, 3.63) is 48.2 Å². The van der Waals surface area contributed by atoms with E-state index in [1.807, 2.05) is 31.2 Å². The Morgan fingerprint density at radius 1 is 1.29 bits per heavy atom. The lowest BCUT2D eigenvalue weighted by molar-refractivity contribution is -0.151. The Kier molecular flexibility index (Phi) is 8.57. The molecule has 7 nitrogen and oxygen atoms in total. The van der Waals surface area contributed by atoms with Crippen LogP contribution in [0.5, 0.6) is 0 Å². The number of carbonyl (C=O) groups excluding carboxylic acids is 3. The van der Waals surface area contributed by atoms with Gasteiger partial charge in [0.15, 0.2) is 0 Å². The number of carbonyl (C=O) groups is 3. The molecule has 0 aliphatic heterocycles. The molecular weight excluding hydrogens is 356 g/mol. The van der Waals surface area contributed by atoms with E-state index in [0.29, 0.717) is 12.2 Å². The van der Waals surface area contributed by atoms with Gasteiger partial charge in [-0.15, -0.1) is 0 Å². The molecular formula is C21H30N4O3. The van der Waals surface area contributed by atoms with Crippen LogP contribution in [0.1, 0.15) is 46.6 Å². The number of anilines is 1. The Bertz CT molecular complexity index is 763. The van der Waals surface area contributed by atoms with Gasteiger partial charge in [0.25, 0.3) is 5.91 Å². The largest absolute Gasteiger partial charge is 0.282 e. The molecule has 2 N–H and O–H groups in total. The number of pyridine rings is 1. The molecule has 1 rings (SSSR count). The Morgan fingerprint density at radius 3 is 2.54 bits per heavy atom. The van der Waals surface area contributed by atoms with Gasteiger partial charge in [-0.2, -0.15) is 0 Å². The number of allylic oxidation sites excluding steroid dienone is 3. The molecule has 0 aliphatic carbocycles. The van der Waals surface area contributed by atoms with Crippen LogP contribution in [-0.4, -0.2) is 34.2 Å². The number of amides is 3. The summed E-state index contributed by atoms with van der Waals surface area (Å²) >= 11 is 0. The first-order valence-electron chi connectivity index (χ1n) is 9.18. The van der Waals surface area contributed by atoms with Crippen LogP contribution >= 0.6 is 0 Å². The number of nitrogens with one attached hydrogen (secondary N) is 2. The number of hydrogen-bond donors (Lipinski definition) is 2. The molecule has 1 aromatic rings. The minimum atomic E-state index is -0.761. The van der Waals surface area contributed by atoms with Gasteiger partial charge in [0, 0.05) is 18.5 Å². The van der Waals surface area contributed by atoms with E-state index in [0.717, 1.165) is 22.5 Å². The molecule has 0 aromatic carbocycles. The van der Waals surface area contributed by atoms with Crippen LogP contribution < -0.4 is 10.9 Å². The molecule has 1 aromatic heterocycles. The molecule has 0 radical (unpaired) electrons. The Morgan fingerprint density at radius 2 is 1.96 bits per heavy atom. The minimum absolute atomic E-state index is 0.362. The van der Waals surface area contributed by atoms with Gasteiger partial charge in [-0.3, -0.25) is 30.1 Å². The van der Waals surface area contributed by atoms with Crippen LogP contribution in [0, 0.1) is 5.41 Å². The second-order valence-electron chi connectivity index (χ2n) is 7.50. The normalized spacial score (nSPS) is 11.2. The van der Waals surface area contributed by atoms with Gasteiger partial charge in [-0.25, -0.2) is 4.98 Å². The molecule has 0 atom stereocenters. The molecule has 0 fully saturated rings. The predicted octanol–water partition coefficient (Wildman–Crippen LogP) is 3.01. The molecule has 3 amide bonds. The van der Waals surface area contributed by atoms with Gasteiger partial charge in [0.1, 0.15) is 12.4 Å². The second-order valence-corrected chi connectivity index (χ2v) is 7.50. The van der Waals surface area contributed by atoms with Crippen molar-refractivity contribution in [2.45, 2.75) is 47.5 Å². The van der Waals surface area contributed by atoms with Gasteiger partial charge in [0.05, 0.1) is 0 Å². The Hall–Kier alpha value is -2.96. The van der Waals surface area contributed by atoms with Gasteiger partial charge < -0.3 is 0 Å². The number of aryl methyl sites for hydroxylation is 1. The maximum atomic E-state index is 12.4. The SMILES string of the molecule is C=C(/C=C\C)CCc1cccnc1NNC(=O)CN(C(C)=O)C(=O)C(C)(C)C. The lowest BCUT2D eigenvalue weighted by Crippen LogP contribution is -2.48. The fourth-order valence-corrected chi connectivity index (χ4v) is 2.41. The molecule has 0 spiro atoms. The summed E-state index contributed by atoms with van der Waals surface area (Å²) in [6.07, 6.45) is 6.97. The van der Waals surface area contributed by atoms with E-state index >= 15 is 0 Å². The number of hydrogen-bond acceptors (Lipinski definition) is 5. The van der Waals surface area contributed by atoms with Gasteiger partial charge >= 0.3 is 0 Å². The molecule has 7 heteroatoms. The summed E-state index contributed by atoms with van der Waals surface area (Å²) in [7, 11) is 0. The third-order valence-electron chi connectivity index (χ3n) is 3.90. The van der Waals surface area contributed by atoms with Gasteiger partial charge in [-0.05, 0) is 31.4 Å². The molecule has 0 bridgehead atoms. The average Bonchev–Trinajstić information content (AvgIpc) is 2.62. The van der Waals surface area contributed by atoms with Crippen molar-refractivity contribution in [1.82, 2.24) is 15.3 Å². The molecule has 152 valence electrons. The van der Waals surface area contributed by atoms with E-state index in [1.54, 1.807) is 27.0 Å². The number of imide groups is 1. The summed E-state index contributed by atoms with van der Waals surface area (Å²) < 4.78 is 0. The highest BCUT2D eigenvalue weighted by Crippen LogP contribution is 2.18. The lowest BCUT2D eigenvalue weighted by atomic mass is 9.94. The zero-order valence-electron chi connectivity index (χ0n) is 17.3. The van der Waals surface area contributed by atoms with Crippen LogP contribution in [0.15, 0.2) is 42.6 Å². The molecule has 0 aliphatic rings. The van der Waals surface area contributed by atoms with E-state index in [1.165, 1.54) is 6.92 Å². The summed E-state index contributed by atoms with van der Waals surface area (Å²) in [5.74, 6) is -0.879. The summed E-state index contributed by atoms with van der Waals surface area (Å²) in [4.78, 5) is 41.6. The van der Waals surface area contributed by atoms with Crippen LogP contribution in [-0.2, 0) is 20.8 Å². The molecule has 0 saturated heterocycles. The predicted molar refractivity (Wildman–Crippen MR) is 110 cm³/mol. The van der Waals surface area contributed by atoms with Crippen molar-refractivity contribution in [2.75, 3.05) is 12.0 Å². The summed E-state index contributed by atoms with van der Waals surface area (Å²) in [5.41, 5.74) is 6.45. The highest BCUT2D eigenvalue weighted by molar-refractivity contribution is 6.00. The van der Waals surface area contributed by atoms with E-state index in [2.05, 4.69) is 22.4 Å². The van der Waals surface area contributed by atoms with Crippen LogP contribution in [0.2, 0.25) is 0 Å². The third kappa shape index (κ3) is 7.34. The maximum Gasteiger partial charge on any atom is 0.258 e. The monoisotopic (exact) mass is 386 g/mol. The van der Waals surface area contributed by atoms with Crippen LogP contribution in [0.4, 0.5) is 5.82 Å². The van der Waals surface area contributed by atoms with Crippen molar-refractivity contribution in [1.29, 1.82) is 0 Å². The van der Waals surface area contributed by atoms with Crippen molar-refractivity contribution < 1.29 is 14.4 Å². The van der Waals surface area contributed by atoms with Crippen molar-refractivity contribution in [3.8, 4) is 0 Å². The first-order valence-corrected chi connectivity index (χ1v) is 9.18. The van der Waals surface area contributed by atoms with Crippen molar-refractivity contribution in [2.24, 2.45) is 5.41 Å². The fraction of sp³-hybridized carbons (Fsp3) is 0.429. The highest BCUT2D eigenvalue weighted by Gasteiger charge is 2.31. The Balaban J connectivity index is 2.73. The van der Waals surface area contributed by atoms with Crippen molar-refractivity contribution in [3.63, 3.8) is 0 Å². The molecule has 1 heterocycles. The topological polar surface area (TPSA) is 91.4 Å².